The maximum absolute atomic E-state index is 12.6. The number of rotatable bonds is 9. The fourth-order valence-electron chi connectivity index (χ4n) is 2.51. The third kappa shape index (κ3) is 6.73. The molecule has 1 aromatic carbocycles. The monoisotopic (exact) mass is 515 g/mol. The first-order valence-corrected chi connectivity index (χ1v) is 10.9. The molecule has 168 valence electrons. The number of thioether (sulfide) groups is 1. The predicted octanol–water partition coefficient (Wildman–Crippen LogP) is 3.39. The van der Waals surface area contributed by atoms with Crippen molar-refractivity contribution in [3.8, 4) is 11.5 Å². The SMILES string of the molecule is CCOC(=O)COc1c(Br)cc(/C=C2\SC(=O)N(CC(=O)OC(C)C)C2=O)cc1OC. The van der Waals surface area contributed by atoms with Gasteiger partial charge in [0.05, 0.1) is 29.2 Å². The number of carbonyl (C=O) groups excluding carboxylic acids is 4. The largest absolute Gasteiger partial charge is 0.493 e. The first-order valence-electron chi connectivity index (χ1n) is 9.27. The van der Waals surface area contributed by atoms with Crippen LogP contribution in [0, 0.1) is 0 Å². The second kappa shape index (κ2) is 11.2. The van der Waals surface area contributed by atoms with Gasteiger partial charge in [0.1, 0.15) is 6.54 Å². The molecule has 31 heavy (non-hydrogen) atoms. The summed E-state index contributed by atoms with van der Waals surface area (Å²) in [6.45, 7) is 4.54. The highest BCUT2D eigenvalue weighted by Gasteiger charge is 2.36. The number of hydrogen-bond donors (Lipinski definition) is 0. The van der Waals surface area contributed by atoms with Crippen molar-refractivity contribution in [1.29, 1.82) is 0 Å². The van der Waals surface area contributed by atoms with Gasteiger partial charge in [-0.1, -0.05) is 0 Å². The molecule has 1 saturated heterocycles. The first kappa shape index (κ1) is 24.7. The van der Waals surface area contributed by atoms with Crippen molar-refractivity contribution >= 4 is 56.9 Å². The van der Waals surface area contributed by atoms with E-state index in [-0.39, 0.29) is 30.0 Å². The predicted molar refractivity (Wildman–Crippen MR) is 117 cm³/mol. The van der Waals surface area contributed by atoms with Gasteiger partial charge in [-0.25, -0.2) is 4.79 Å². The molecule has 1 aromatic rings. The quantitative estimate of drug-likeness (QED) is 0.361. The third-order valence-corrected chi connectivity index (χ3v) is 5.21. The van der Waals surface area contributed by atoms with Gasteiger partial charge < -0.3 is 18.9 Å². The highest BCUT2D eigenvalue weighted by molar-refractivity contribution is 9.10. The molecular weight excluding hydrogens is 494 g/mol. The molecule has 1 aliphatic heterocycles. The summed E-state index contributed by atoms with van der Waals surface area (Å²) < 4.78 is 21.1. The van der Waals surface area contributed by atoms with Gasteiger partial charge in [0, 0.05) is 0 Å². The number of ether oxygens (including phenoxy) is 4. The topological polar surface area (TPSA) is 108 Å². The van der Waals surface area contributed by atoms with E-state index < -0.39 is 29.6 Å². The molecule has 9 nitrogen and oxygen atoms in total. The van der Waals surface area contributed by atoms with E-state index in [9.17, 15) is 19.2 Å². The maximum atomic E-state index is 12.6. The Morgan fingerprint density at radius 2 is 1.94 bits per heavy atom. The molecule has 0 spiro atoms. The molecule has 0 N–H and O–H groups in total. The highest BCUT2D eigenvalue weighted by atomic mass is 79.9. The second-order valence-electron chi connectivity index (χ2n) is 6.43. The molecule has 2 amide bonds. The zero-order valence-corrected chi connectivity index (χ0v) is 19.8. The van der Waals surface area contributed by atoms with Crippen molar-refractivity contribution in [2.45, 2.75) is 26.9 Å². The maximum Gasteiger partial charge on any atom is 0.344 e. The van der Waals surface area contributed by atoms with Gasteiger partial charge in [-0.2, -0.15) is 0 Å². The number of carbonyl (C=O) groups is 4. The van der Waals surface area contributed by atoms with Crippen LogP contribution in [0.2, 0.25) is 0 Å². The number of benzene rings is 1. The number of imide groups is 1. The van der Waals surface area contributed by atoms with E-state index in [1.807, 2.05) is 0 Å². The van der Waals surface area contributed by atoms with Crippen LogP contribution in [0.25, 0.3) is 6.08 Å². The summed E-state index contributed by atoms with van der Waals surface area (Å²) in [5.74, 6) is -1.17. The molecule has 1 fully saturated rings. The molecule has 1 aliphatic rings. The zero-order valence-electron chi connectivity index (χ0n) is 17.4. The average Bonchev–Trinajstić information content (AvgIpc) is 2.93. The van der Waals surface area contributed by atoms with E-state index in [1.165, 1.54) is 13.2 Å². The Hall–Kier alpha value is -2.53. The van der Waals surface area contributed by atoms with Crippen molar-refractivity contribution in [3.63, 3.8) is 0 Å². The van der Waals surface area contributed by atoms with Gasteiger partial charge in [0.2, 0.25) is 0 Å². The van der Waals surface area contributed by atoms with Gasteiger partial charge in [-0.05, 0) is 72.2 Å². The van der Waals surface area contributed by atoms with Crippen LogP contribution in [-0.2, 0) is 23.9 Å². The van der Waals surface area contributed by atoms with Gasteiger partial charge in [0.25, 0.3) is 11.1 Å². The molecule has 0 unspecified atom stereocenters. The standard InChI is InChI=1S/C20H22BrNO8S/c1-5-28-17(24)10-29-18-13(21)6-12(7-14(18)27-4)8-15-19(25)22(20(26)31-15)9-16(23)30-11(2)3/h6-8,11H,5,9-10H2,1-4H3/b15-8-. The smallest absolute Gasteiger partial charge is 0.344 e. The van der Waals surface area contributed by atoms with Gasteiger partial charge in [0.15, 0.2) is 18.1 Å². The molecule has 0 radical (unpaired) electrons. The lowest BCUT2D eigenvalue weighted by atomic mass is 10.2. The normalized spacial score (nSPS) is 14.9. The summed E-state index contributed by atoms with van der Waals surface area (Å²) in [6.07, 6.45) is 1.15. The summed E-state index contributed by atoms with van der Waals surface area (Å²) >= 11 is 4.08. The zero-order chi connectivity index (χ0) is 23.1. The van der Waals surface area contributed by atoms with Crippen LogP contribution in [0.4, 0.5) is 4.79 Å². The molecule has 0 aromatic heterocycles. The fraction of sp³-hybridized carbons (Fsp3) is 0.400. The number of nitrogens with zero attached hydrogens (tertiary/aromatic N) is 1. The molecular formula is C20H22BrNO8S. The lowest BCUT2D eigenvalue weighted by molar-refractivity contribution is -0.149. The van der Waals surface area contributed by atoms with Crippen LogP contribution in [-0.4, -0.2) is 61.0 Å². The third-order valence-electron chi connectivity index (χ3n) is 3.72. The van der Waals surface area contributed by atoms with Crippen LogP contribution in [0.15, 0.2) is 21.5 Å². The minimum Gasteiger partial charge on any atom is -0.493 e. The summed E-state index contributed by atoms with van der Waals surface area (Å²) in [5.41, 5.74) is 0.544. The lowest BCUT2D eigenvalue weighted by Gasteiger charge is -2.14. The van der Waals surface area contributed by atoms with Crippen molar-refractivity contribution in [2.75, 3.05) is 26.9 Å². The van der Waals surface area contributed by atoms with Crippen LogP contribution in [0.1, 0.15) is 26.3 Å². The number of halogens is 1. The summed E-state index contributed by atoms with van der Waals surface area (Å²) in [4.78, 5) is 49.1. The van der Waals surface area contributed by atoms with Gasteiger partial charge in [-0.15, -0.1) is 0 Å². The van der Waals surface area contributed by atoms with E-state index in [4.69, 9.17) is 18.9 Å². The summed E-state index contributed by atoms with van der Waals surface area (Å²) in [5, 5.41) is -0.558. The lowest BCUT2D eigenvalue weighted by Crippen LogP contribution is -2.35. The summed E-state index contributed by atoms with van der Waals surface area (Å²) in [7, 11) is 1.43. The Labute approximate surface area is 192 Å². The van der Waals surface area contributed by atoms with E-state index in [2.05, 4.69) is 15.9 Å². The average molecular weight is 516 g/mol. The minimum atomic E-state index is -0.661. The molecule has 1 heterocycles. The Balaban J connectivity index is 2.20. The number of hydrogen-bond acceptors (Lipinski definition) is 9. The molecule has 11 heteroatoms. The van der Waals surface area contributed by atoms with E-state index in [0.29, 0.717) is 15.8 Å². The summed E-state index contributed by atoms with van der Waals surface area (Å²) in [6, 6.07) is 3.23. The Morgan fingerprint density at radius 3 is 2.55 bits per heavy atom. The molecule has 2 rings (SSSR count). The minimum absolute atomic E-state index is 0.150. The number of amides is 2. The van der Waals surface area contributed by atoms with Crippen molar-refractivity contribution in [3.05, 3.63) is 27.1 Å². The van der Waals surface area contributed by atoms with Gasteiger partial charge >= 0.3 is 11.9 Å². The first-order chi connectivity index (χ1) is 14.7. The van der Waals surface area contributed by atoms with Crippen LogP contribution in [0.3, 0.4) is 0 Å². The molecule has 0 aliphatic carbocycles. The van der Waals surface area contributed by atoms with E-state index >= 15 is 0 Å². The van der Waals surface area contributed by atoms with Gasteiger partial charge in [-0.3, -0.25) is 19.3 Å². The Bertz CT molecular complexity index is 915. The molecule has 0 bridgehead atoms. The number of esters is 2. The molecule has 0 atom stereocenters. The van der Waals surface area contributed by atoms with Crippen molar-refractivity contribution in [1.82, 2.24) is 4.90 Å². The Morgan fingerprint density at radius 1 is 1.23 bits per heavy atom. The highest BCUT2D eigenvalue weighted by Crippen LogP contribution is 2.39. The van der Waals surface area contributed by atoms with E-state index in [0.717, 1.165) is 16.7 Å². The fourth-order valence-corrected chi connectivity index (χ4v) is 3.93. The van der Waals surface area contributed by atoms with Crippen LogP contribution < -0.4 is 9.47 Å². The van der Waals surface area contributed by atoms with Crippen molar-refractivity contribution in [2.24, 2.45) is 0 Å². The van der Waals surface area contributed by atoms with Crippen molar-refractivity contribution < 1.29 is 38.1 Å². The number of methoxy groups -OCH3 is 1. The second-order valence-corrected chi connectivity index (χ2v) is 8.28. The van der Waals surface area contributed by atoms with E-state index in [1.54, 1.807) is 32.9 Å². The van der Waals surface area contributed by atoms with Crippen LogP contribution >= 0.6 is 27.7 Å². The van der Waals surface area contributed by atoms with Crippen LogP contribution in [0.5, 0.6) is 11.5 Å². The molecule has 0 saturated carbocycles. The Kier molecular flexibility index (Phi) is 8.93.